The van der Waals surface area contributed by atoms with Crippen molar-refractivity contribution in [3.05, 3.63) is 58.7 Å². The molecule has 0 fully saturated rings. The van der Waals surface area contributed by atoms with E-state index in [4.69, 9.17) is 0 Å². The Hall–Kier alpha value is -2.67. The van der Waals surface area contributed by atoms with Crippen molar-refractivity contribution in [3.8, 4) is 0 Å². The van der Waals surface area contributed by atoms with Crippen LogP contribution in [0.4, 0.5) is 5.69 Å². The van der Waals surface area contributed by atoms with Gasteiger partial charge in [0.15, 0.2) is 0 Å². The standard InChI is InChI=1S/C20H23N3O3S/c1-13-10-14(2)19(15(3)11-13)20(24)22-16-6-4-7-17(12-16)27(25,26)23-18-8-5-9-21-18/h4,6-7,10-12H,5,8-9H2,1-3H3,(H,21,23)(H,22,24). The Morgan fingerprint density at radius 2 is 1.78 bits per heavy atom. The molecule has 0 bridgehead atoms. The first-order chi connectivity index (χ1) is 12.8. The van der Waals surface area contributed by atoms with Crippen LogP contribution in [-0.2, 0) is 10.0 Å². The number of rotatable bonds is 4. The predicted octanol–water partition coefficient (Wildman–Crippen LogP) is 3.33. The van der Waals surface area contributed by atoms with Crippen molar-refractivity contribution in [2.45, 2.75) is 38.5 Å². The van der Waals surface area contributed by atoms with Gasteiger partial charge < -0.3 is 5.32 Å². The molecule has 0 radical (unpaired) electrons. The first kappa shape index (κ1) is 19.1. The van der Waals surface area contributed by atoms with Crippen LogP contribution in [-0.4, -0.2) is 26.7 Å². The molecule has 2 aromatic rings. The maximum Gasteiger partial charge on any atom is 0.262 e. The highest BCUT2D eigenvalue weighted by molar-refractivity contribution is 7.90. The van der Waals surface area contributed by atoms with E-state index >= 15 is 0 Å². The van der Waals surface area contributed by atoms with E-state index in [1.54, 1.807) is 12.1 Å². The van der Waals surface area contributed by atoms with Crippen LogP contribution < -0.4 is 10.0 Å². The Kier molecular flexibility index (Phi) is 5.32. The van der Waals surface area contributed by atoms with Crippen molar-refractivity contribution in [1.29, 1.82) is 0 Å². The Bertz CT molecular complexity index is 1000. The van der Waals surface area contributed by atoms with Crippen molar-refractivity contribution in [3.63, 3.8) is 0 Å². The highest BCUT2D eigenvalue weighted by Crippen LogP contribution is 2.20. The van der Waals surface area contributed by atoms with Crippen LogP contribution in [0.5, 0.6) is 0 Å². The Morgan fingerprint density at radius 1 is 1.07 bits per heavy atom. The first-order valence-corrected chi connectivity index (χ1v) is 10.3. The van der Waals surface area contributed by atoms with Crippen LogP contribution >= 0.6 is 0 Å². The molecule has 0 atom stereocenters. The summed E-state index contributed by atoms with van der Waals surface area (Å²) < 4.78 is 27.6. The van der Waals surface area contributed by atoms with E-state index in [1.165, 1.54) is 12.1 Å². The van der Waals surface area contributed by atoms with Crippen molar-refractivity contribution in [1.82, 2.24) is 4.72 Å². The summed E-state index contributed by atoms with van der Waals surface area (Å²) in [6.07, 6.45) is 1.48. The fourth-order valence-electron chi connectivity index (χ4n) is 3.31. The van der Waals surface area contributed by atoms with Gasteiger partial charge in [-0.2, -0.15) is 0 Å². The summed E-state index contributed by atoms with van der Waals surface area (Å²) in [7, 11) is -3.72. The lowest BCUT2D eigenvalue weighted by Gasteiger charge is -2.13. The molecule has 6 nitrogen and oxygen atoms in total. The number of amidine groups is 1. The molecule has 1 aliphatic rings. The molecule has 0 unspecified atom stereocenters. The molecule has 1 amide bonds. The molecule has 0 saturated heterocycles. The number of carbonyl (C=O) groups is 1. The van der Waals surface area contributed by atoms with Gasteiger partial charge in [0.1, 0.15) is 5.84 Å². The van der Waals surface area contributed by atoms with E-state index in [2.05, 4.69) is 15.0 Å². The third-order valence-electron chi connectivity index (χ3n) is 4.43. The molecule has 2 N–H and O–H groups in total. The summed E-state index contributed by atoms with van der Waals surface area (Å²) in [4.78, 5) is 16.9. The van der Waals surface area contributed by atoms with Crippen LogP contribution in [0.3, 0.4) is 0 Å². The molecule has 0 spiro atoms. The van der Waals surface area contributed by atoms with Gasteiger partial charge in [-0.3, -0.25) is 14.5 Å². The summed E-state index contributed by atoms with van der Waals surface area (Å²) in [5.74, 6) is 0.225. The van der Waals surface area contributed by atoms with Gasteiger partial charge >= 0.3 is 0 Å². The molecule has 0 aromatic heterocycles. The SMILES string of the molecule is Cc1cc(C)c(C(=O)Nc2cccc(S(=O)(=O)NC3=NCCC3)c2)c(C)c1. The number of nitrogens with one attached hydrogen (secondary N) is 2. The number of aryl methyl sites for hydroxylation is 3. The normalized spacial score (nSPS) is 14.0. The van der Waals surface area contributed by atoms with E-state index in [1.807, 2.05) is 32.9 Å². The fraction of sp³-hybridized carbons (Fsp3) is 0.300. The minimum absolute atomic E-state index is 0.0900. The number of hydrogen-bond donors (Lipinski definition) is 2. The summed E-state index contributed by atoms with van der Waals surface area (Å²) >= 11 is 0. The zero-order chi connectivity index (χ0) is 19.6. The lowest BCUT2D eigenvalue weighted by atomic mass is 9.99. The Labute approximate surface area is 159 Å². The van der Waals surface area contributed by atoms with Crippen molar-refractivity contribution in [2.24, 2.45) is 4.99 Å². The van der Waals surface area contributed by atoms with Crippen LogP contribution in [0.2, 0.25) is 0 Å². The van der Waals surface area contributed by atoms with E-state index < -0.39 is 10.0 Å². The smallest absolute Gasteiger partial charge is 0.262 e. The summed E-state index contributed by atoms with van der Waals surface area (Å²) in [5.41, 5.74) is 3.89. The highest BCUT2D eigenvalue weighted by atomic mass is 32.2. The minimum Gasteiger partial charge on any atom is -0.322 e. The van der Waals surface area contributed by atoms with Crippen molar-refractivity contribution in [2.75, 3.05) is 11.9 Å². The van der Waals surface area contributed by atoms with E-state index in [9.17, 15) is 13.2 Å². The summed E-state index contributed by atoms with van der Waals surface area (Å²) in [5, 5.41) is 2.80. The van der Waals surface area contributed by atoms with Gasteiger partial charge in [0.25, 0.3) is 15.9 Å². The van der Waals surface area contributed by atoms with E-state index in [0.29, 0.717) is 30.1 Å². The van der Waals surface area contributed by atoms with Gasteiger partial charge in [0, 0.05) is 24.2 Å². The average molecular weight is 385 g/mol. The van der Waals surface area contributed by atoms with Crippen molar-refractivity contribution < 1.29 is 13.2 Å². The number of anilines is 1. The minimum atomic E-state index is -3.72. The van der Waals surface area contributed by atoms with Gasteiger partial charge in [0.2, 0.25) is 0 Å². The number of hydrogen-bond acceptors (Lipinski definition) is 4. The molecule has 3 rings (SSSR count). The van der Waals surface area contributed by atoms with Gasteiger partial charge in [0.05, 0.1) is 4.90 Å². The first-order valence-electron chi connectivity index (χ1n) is 8.82. The number of nitrogens with zero attached hydrogens (tertiary/aromatic N) is 1. The largest absolute Gasteiger partial charge is 0.322 e. The molecule has 0 saturated carbocycles. The molecule has 7 heteroatoms. The Morgan fingerprint density at radius 3 is 2.41 bits per heavy atom. The molecule has 142 valence electrons. The molecule has 1 heterocycles. The van der Waals surface area contributed by atoms with Gasteiger partial charge in [-0.15, -0.1) is 0 Å². The molecule has 2 aromatic carbocycles. The second-order valence-corrected chi connectivity index (χ2v) is 8.48. The van der Waals surface area contributed by atoms with Crippen LogP contribution in [0, 0.1) is 20.8 Å². The molecular weight excluding hydrogens is 362 g/mol. The monoisotopic (exact) mass is 385 g/mol. The number of amides is 1. The Balaban J connectivity index is 1.83. The predicted molar refractivity (Wildman–Crippen MR) is 107 cm³/mol. The number of benzene rings is 2. The third kappa shape index (κ3) is 4.36. The zero-order valence-electron chi connectivity index (χ0n) is 15.7. The van der Waals surface area contributed by atoms with Crippen LogP contribution in [0.25, 0.3) is 0 Å². The summed E-state index contributed by atoms with van der Waals surface area (Å²) in [6.45, 7) is 6.41. The fourth-order valence-corrected chi connectivity index (χ4v) is 4.44. The third-order valence-corrected chi connectivity index (χ3v) is 5.81. The van der Waals surface area contributed by atoms with Gasteiger partial charge in [-0.1, -0.05) is 23.8 Å². The average Bonchev–Trinajstić information content (AvgIpc) is 3.06. The van der Waals surface area contributed by atoms with Crippen LogP contribution in [0.1, 0.15) is 39.9 Å². The number of carbonyl (C=O) groups excluding carboxylic acids is 1. The van der Waals surface area contributed by atoms with Gasteiger partial charge in [-0.05, 0) is 56.5 Å². The van der Waals surface area contributed by atoms with Gasteiger partial charge in [-0.25, -0.2) is 8.42 Å². The number of aliphatic imine (C=N–C) groups is 1. The van der Waals surface area contributed by atoms with E-state index in [-0.39, 0.29) is 10.8 Å². The van der Waals surface area contributed by atoms with Crippen LogP contribution in [0.15, 0.2) is 46.3 Å². The summed E-state index contributed by atoms with van der Waals surface area (Å²) in [6, 6.07) is 10.1. The number of sulfonamides is 1. The van der Waals surface area contributed by atoms with Crippen molar-refractivity contribution >= 4 is 27.5 Å². The maximum absolute atomic E-state index is 12.7. The lowest BCUT2D eigenvalue weighted by molar-refractivity contribution is 0.102. The topological polar surface area (TPSA) is 87.6 Å². The lowest BCUT2D eigenvalue weighted by Crippen LogP contribution is -2.29. The quantitative estimate of drug-likeness (QED) is 0.846. The van der Waals surface area contributed by atoms with E-state index in [0.717, 1.165) is 23.1 Å². The zero-order valence-corrected chi connectivity index (χ0v) is 16.5. The molecular formula is C20H23N3O3S. The second-order valence-electron chi connectivity index (χ2n) is 6.79. The molecule has 0 aliphatic carbocycles. The maximum atomic E-state index is 12.7. The second kappa shape index (κ2) is 7.52. The molecule has 27 heavy (non-hydrogen) atoms. The highest BCUT2D eigenvalue weighted by Gasteiger charge is 2.19. The molecule has 1 aliphatic heterocycles.